The quantitative estimate of drug-likeness (QED) is 0.101. The summed E-state index contributed by atoms with van der Waals surface area (Å²) in [6.07, 6.45) is 0. The molecule has 2 aromatic rings. The van der Waals surface area contributed by atoms with Crippen molar-refractivity contribution in [1.82, 2.24) is 0 Å². The van der Waals surface area contributed by atoms with Crippen LogP contribution in [0.15, 0.2) is 12.1 Å². The summed E-state index contributed by atoms with van der Waals surface area (Å²) in [5.41, 5.74) is -1.44. The van der Waals surface area contributed by atoms with Gasteiger partial charge in [-0.3, -0.25) is 0 Å². The molecule has 0 N–H and O–H groups in total. The highest BCUT2D eigenvalue weighted by Crippen LogP contribution is 2.64. The number of ether oxygens (including phenoxy) is 4. The van der Waals surface area contributed by atoms with Crippen molar-refractivity contribution in [1.29, 1.82) is 0 Å². The number of carbonyl (C=O) groups excluding carboxylic acids is 4. The predicted octanol–water partition coefficient (Wildman–Crippen LogP) is 10.3. The van der Waals surface area contributed by atoms with E-state index in [0.717, 1.165) is 12.1 Å². The summed E-state index contributed by atoms with van der Waals surface area (Å²) in [5, 5.41) is -1.50. The second-order valence-electron chi connectivity index (χ2n) is 13.3. The summed E-state index contributed by atoms with van der Waals surface area (Å²) in [7, 11) is 0. The molecule has 0 amide bonds. The summed E-state index contributed by atoms with van der Waals surface area (Å²) in [5.74, 6) is -4.81. The number of halogens is 6. The van der Waals surface area contributed by atoms with Crippen LogP contribution in [0, 0.1) is 46.3 Å². The molecule has 2 aliphatic carbocycles. The number of carbonyl (C=O) groups is 4. The Kier molecular flexibility index (Phi) is 11.6. The van der Waals surface area contributed by atoms with Crippen molar-refractivity contribution in [3.63, 3.8) is 0 Å². The van der Waals surface area contributed by atoms with E-state index in [1.807, 2.05) is 27.7 Å². The van der Waals surface area contributed by atoms with E-state index in [0.29, 0.717) is 23.7 Å². The van der Waals surface area contributed by atoms with Crippen molar-refractivity contribution in [2.45, 2.75) is 55.4 Å². The third kappa shape index (κ3) is 6.74. The van der Waals surface area contributed by atoms with Crippen LogP contribution in [0.25, 0.3) is 0 Å². The van der Waals surface area contributed by atoms with Crippen LogP contribution in [-0.4, -0.2) is 37.1 Å². The second-order valence-corrected chi connectivity index (χ2v) is 15.7. The maximum atomic E-state index is 13.4. The van der Waals surface area contributed by atoms with Gasteiger partial charge < -0.3 is 18.9 Å². The highest BCUT2D eigenvalue weighted by molar-refractivity contribution is 6.47. The first-order chi connectivity index (χ1) is 22.2. The number of hydrogen-bond donors (Lipinski definition) is 0. The first-order valence-corrected chi connectivity index (χ1v) is 17.6. The van der Waals surface area contributed by atoms with Crippen LogP contribution < -0.4 is 9.47 Å². The van der Waals surface area contributed by atoms with Crippen molar-refractivity contribution >= 4 is 93.5 Å². The molecular weight excluding hydrogens is 749 g/mol. The minimum absolute atomic E-state index is 0.0620. The third-order valence-electron chi connectivity index (χ3n) is 10.9. The van der Waals surface area contributed by atoms with Crippen molar-refractivity contribution in [2.75, 3.05) is 13.2 Å². The average Bonchev–Trinajstić information content (AvgIpc) is 3.77. The first-order valence-electron chi connectivity index (χ1n) is 15.4. The molecule has 2 saturated carbocycles. The Morgan fingerprint density at radius 1 is 0.583 bits per heavy atom. The molecule has 0 heterocycles. The molecule has 0 aliphatic heterocycles. The van der Waals surface area contributed by atoms with Gasteiger partial charge in [0, 0.05) is 10.8 Å². The van der Waals surface area contributed by atoms with Gasteiger partial charge in [-0.2, -0.15) is 0 Å². The van der Waals surface area contributed by atoms with Gasteiger partial charge in [-0.05, 0) is 47.6 Å². The van der Waals surface area contributed by atoms with Crippen LogP contribution in [0.1, 0.15) is 76.1 Å². The standard InChI is InChI=1S/C34H36Cl6O8/c1-13(2)33(15(5)16(33)6)11-45-29(41)23-25(39)19(35)9-21(37)27(23)47-31(43)32(44)48-28-22(38)10-20(36)26(40)24(28)30(42)46-12-34(14(3)4)17(7)18(34)8/h9-10,13-18H,11-12H2,1-8H3. The van der Waals surface area contributed by atoms with Crippen molar-refractivity contribution < 1.29 is 38.1 Å². The van der Waals surface area contributed by atoms with Crippen LogP contribution >= 0.6 is 69.6 Å². The minimum Gasteiger partial charge on any atom is -0.461 e. The Hall–Kier alpha value is -1.94. The molecule has 8 nitrogen and oxygen atoms in total. The van der Waals surface area contributed by atoms with Gasteiger partial charge in [0.05, 0.1) is 43.3 Å². The van der Waals surface area contributed by atoms with E-state index in [2.05, 4.69) is 27.7 Å². The molecule has 0 radical (unpaired) electrons. The Morgan fingerprint density at radius 3 is 1.12 bits per heavy atom. The van der Waals surface area contributed by atoms with Crippen molar-refractivity contribution in [3.8, 4) is 11.5 Å². The van der Waals surface area contributed by atoms with Crippen LogP contribution in [0.5, 0.6) is 11.5 Å². The van der Waals surface area contributed by atoms with E-state index in [9.17, 15) is 19.2 Å². The van der Waals surface area contributed by atoms with Crippen molar-refractivity contribution in [2.24, 2.45) is 46.3 Å². The third-order valence-corrected chi connectivity index (χ3v) is 13.1. The van der Waals surface area contributed by atoms with Crippen LogP contribution in [0.3, 0.4) is 0 Å². The normalized spacial score (nSPS) is 25.9. The SMILES string of the molecule is CC(C)C1(COC(=O)c2c(Cl)c(Cl)cc(Cl)c2OC(=O)C(=O)Oc2c(Cl)cc(Cl)c(Cl)c2C(=O)OCC2(C(C)C)C(C)C2C)C(C)C1C. The van der Waals surface area contributed by atoms with E-state index in [4.69, 9.17) is 88.6 Å². The molecule has 2 aromatic carbocycles. The molecule has 0 saturated heterocycles. The Morgan fingerprint density at radius 2 is 0.875 bits per heavy atom. The summed E-state index contributed by atoms with van der Waals surface area (Å²) < 4.78 is 21.8. The fourth-order valence-electron chi connectivity index (χ4n) is 7.27. The van der Waals surface area contributed by atoms with Gasteiger partial charge in [0.2, 0.25) is 0 Å². The molecule has 48 heavy (non-hydrogen) atoms. The zero-order valence-electron chi connectivity index (χ0n) is 27.6. The summed E-state index contributed by atoms with van der Waals surface area (Å²) >= 11 is 37.7. The zero-order valence-corrected chi connectivity index (χ0v) is 32.1. The first kappa shape index (κ1) is 38.9. The largest absolute Gasteiger partial charge is 0.461 e. The van der Waals surface area contributed by atoms with E-state index in [-0.39, 0.29) is 66.0 Å². The molecule has 0 spiro atoms. The van der Waals surface area contributed by atoms with Crippen molar-refractivity contribution in [3.05, 3.63) is 53.4 Å². The number of benzene rings is 2. The van der Waals surface area contributed by atoms with Gasteiger partial charge in [-0.25, -0.2) is 19.2 Å². The molecule has 4 unspecified atom stereocenters. The lowest BCUT2D eigenvalue weighted by Crippen LogP contribution is -2.28. The molecule has 2 fully saturated rings. The second kappa shape index (κ2) is 14.4. The van der Waals surface area contributed by atoms with E-state index in [1.54, 1.807) is 0 Å². The number of hydrogen-bond acceptors (Lipinski definition) is 8. The van der Waals surface area contributed by atoms with Crippen LogP contribution in [-0.2, 0) is 19.1 Å². The molecule has 262 valence electrons. The van der Waals surface area contributed by atoms with E-state index in [1.165, 1.54) is 0 Å². The van der Waals surface area contributed by atoms with Gasteiger partial charge in [-0.1, -0.05) is 125 Å². The Balaban J connectivity index is 1.58. The van der Waals surface area contributed by atoms with Crippen LogP contribution in [0.2, 0.25) is 30.1 Å². The van der Waals surface area contributed by atoms with Gasteiger partial charge in [0.1, 0.15) is 11.1 Å². The van der Waals surface area contributed by atoms with Gasteiger partial charge >= 0.3 is 23.9 Å². The van der Waals surface area contributed by atoms with E-state index >= 15 is 0 Å². The highest BCUT2D eigenvalue weighted by Gasteiger charge is 2.62. The molecule has 14 heteroatoms. The molecule has 2 aliphatic rings. The predicted molar refractivity (Wildman–Crippen MR) is 186 cm³/mol. The molecule has 0 aromatic heterocycles. The maximum Gasteiger partial charge on any atom is 0.423 e. The highest BCUT2D eigenvalue weighted by atomic mass is 35.5. The fraction of sp³-hybridized carbons (Fsp3) is 0.529. The fourth-order valence-corrected chi connectivity index (χ4v) is 8.70. The lowest BCUT2D eigenvalue weighted by atomic mass is 9.89. The van der Waals surface area contributed by atoms with Gasteiger partial charge in [-0.15, -0.1) is 0 Å². The lowest BCUT2D eigenvalue weighted by molar-refractivity contribution is -0.156. The molecule has 4 rings (SSSR count). The maximum absolute atomic E-state index is 13.4. The topological polar surface area (TPSA) is 105 Å². The average molecular weight is 785 g/mol. The van der Waals surface area contributed by atoms with Gasteiger partial charge in [0.25, 0.3) is 0 Å². The zero-order chi connectivity index (χ0) is 36.2. The number of esters is 4. The van der Waals surface area contributed by atoms with Crippen LogP contribution in [0.4, 0.5) is 0 Å². The smallest absolute Gasteiger partial charge is 0.423 e. The summed E-state index contributed by atoms with van der Waals surface area (Å²) in [6.45, 7) is 16.6. The number of rotatable bonds is 10. The Labute approximate surface area is 309 Å². The minimum atomic E-state index is -1.65. The monoisotopic (exact) mass is 782 g/mol. The molecule has 4 atom stereocenters. The summed E-state index contributed by atoms with van der Waals surface area (Å²) in [4.78, 5) is 52.9. The molecule has 0 bridgehead atoms. The van der Waals surface area contributed by atoms with E-state index < -0.39 is 46.5 Å². The molecular formula is C34H36Cl6O8. The lowest BCUT2D eigenvalue weighted by Gasteiger charge is -2.23. The summed E-state index contributed by atoms with van der Waals surface area (Å²) in [6, 6.07) is 2.26. The Bertz CT molecular complexity index is 1520. The van der Waals surface area contributed by atoms with Gasteiger partial charge in [0.15, 0.2) is 11.5 Å².